The van der Waals surface area contributed by atoms with Crippen LogP contribution >= 0.6 is 11.6 Å². The molecular weight excluding hydrogens is 252 g/mol. The molecule has 0 bridgehead atoms. The monoisotopic (exact) mass is 264 g/mol. The van der Waals surface area contributed by atoms with Gasteiger partial charge in [0.25, 0.3) is 0 Å². The first-order valence-corrected chi connectivity index (χ1v) is 5.87. The first kappa shape index (κ1) is 12.6. The molecule has 5 heteroatoms. The van der Waals surface area contributed by atoms with Crippen LogP contribution in [0.1, 0.15) is 12.6 Å². The molecule has 1 heterocycles. The van der Waals surface area contributed by atoms with Gasteiger partial charge in [-0.05, 0) is 30.7 Å². The van der Waals surface area contributed by atoms with Gasteiger partial charge in [0.2, 0.25) is 5.28 Å². The SMILES string of the molecule is C=C(OCC)c1nc(Cl)nc2cc(OC)ccc12. The van der Waals surface area contributed by atoms with E-state index in [0.29, 0.717) is 29.3 Å². The summed E-state index contributed by atoms with van der Waals surface area (Å²) in [6, 6.07) is 5.50. The minimum atomic E-state index is 0.159. The fraction of sp³-hybridized carbons (Fsp3) is 0.231. The topological polar surface area (TPSA) is 44.2 Å². The van der Waals surface area contributed by atoms with Crippen molar-refractivity contribution in [2.24, 2.45) is 0 Å². The van der Waals surface area contributed by atoms with Crippen LogP contribution in [-0.4, -0.2) is 23.7 Å². The molecule has 4 nitrogen and oxygen atoms in total. The van der Waals surface area contributed by atoms with E-state index < -0.39 is 0 Å². The highest BCUT2D eigenvalue weighted by atomic mass is 35.5. The number of ether oxygens (including phenoxy) is 2. The Morgan fingerprint density at radius 1 is 1.39 bits per heavy atom. The Morgan fingerprint density at radius 3 is 2.83 bits per heavy atom. The van der Waals surface area contributed by atoms with Gasteiger partial charge >= 0.3 is 0 Å². The summed E-state index contributed by atoms with van der Waals surface area (Å²) >= 11 is 5.90. The first-order valence-electron chi connectivity index (χ1n) is 5.49. The molecule has 0 spiro atoms. The molecule has 0 unspecified atom stereocenters. The Balaban J connectivity index is 2.62. The first-order chi connectivity index (χ1) is 8.65. The Morgan fingerprint density at radius 2 is 2.17 bits per heavy atom. The van der Waals surface area contributed by atoms with E-state index in [9.17, 15) is 0 Å². The molecule has 18 heavy (non-hydrogen) atoms. The molecule has 0 aliphatic carbocycles. The molecule has 0 aliphatic rings. The van der Waals surface area contributed by atoms with Crippen LogP contribution in [0.2, 0.25) is 5.28 Å². The molecule has 0 atom stereocenters. The Labute approximate surface area is 110 Å². The number of nitrogens with zero attached hydrogens (tertiary/aromatic N) is 2. The number of aromatic nitrogens is 2. The number of halogens is 1. The Bertz CT molecular complexity index is 599. The molecule has 1 aromatic heterocycles. The molecule has 0 saturated carbocycles. The molecule has 0 N–H and O–H groups in total. The Kier molecular flexibility index (Phi) is 3.67. The lowest BCUT2D eigenvalue weighted by Gasteiger charge is -2.10. The molecule has 0 amide bonds. The van der Waals surface area contributed by atoms with Gasteiger partial charge in [0.15, 0.2) is 0 Å². The molecule has 0 radical (unpaired) electrons. The van der Waals surface area contributed by atoms with Gasteiger partial charge in [0, 0.05) is 11.5 Å². The minimum absolute atomic E-state index is 0.159. The fourth-order valence-electron chi connectivity index (χ4n) is 1.66. The van der Waals surface area contributed by atoms with E-state index in [-0.39, 0.29) is 5.28 Å². The van der Waals surface area contributed by atoms with E-state index in [1.54, 1.807) is 13.2 Å². The van der Waals surface area contributed by atoms with Crippen molar-refractivity contribution in [3.05, 3.63) is 35.8 Å². The van der Waals surface area contributed by atoms with Crippen LogP contribution in [0.5, 0.6) is 5.75 Å². The molecule has 0 aliphatic heterocycles. The largest absolute Gasteiger partial charge is 0.497 e. The summed E-state index contributed by atoms with van der Waals surface area (Å²) < 4.78 is 10.5. The predicted molar refractivity (Wildman–Crippen MR) is 71.8 cm³/mol. The van der Waals surface area contributed by atoms with E-state index in [4.69, 9.17) is 21.1 Å². The van der Waals surface area contributed by atoms with Crippen LogP contribution in [-0.2, 0) is 4.74 Å². The lowest BCUT2D eigenvalue weighted by Crippen LogP contribution is -1.98. The van der Waals surface area contributed by atoms with Gasteiger partial charge in [-0.3, -0.25) is 0 Å². The third-order valence-corrected chi connectivity index (χ3v) is 2.63. The lowest BCUT2D eigenvalue weighted by molar-refractivity contribution is 0.298. The summed E-state index contributed by atoms with van der Waals surface area (Å²) in [6.07, 6.45) is 0. The summed E-state index contributed by atoms with van der Waals surface area (Å²) in [5, 5.41) is 0.991. The summed E-state index contributed by atoms with van der Waals surface area (Å²) in [4.78, 5) is 8.33. The number of rotatable bonds is 4. The zero-order chi connectivity index (χ0) is 13.1. The third kappa shape index (κ3) is 2.38. The van der Waals surface area contributed by atoms with Crippen molar-refractivity contribution in [1.82, 2.24) is 9.97 Å². The van der Waals surface area contributed by atoms with E-state index in [0.717, 1.165) is 5.39 Å². The summed E-state index contributed by atoms with van der Waals surface area (Å²) in [5.41, 5.74) is 1.31. The zero-order valence-corrected chi connectivity index (χ0v) is 11.0. The van der Waals surface area contributed by atoms with E-state index in [1.807, 2.05) is 19.1 Å². The van der Waals surface area contributed by atoms with Crippen LogP contribution in [0.4, 0.5) is 0 Å². The molecule has 2 aromatic rings. The third-order valence-electron chi connectivity index (χ3n) is 2.46. The average Bonchev–Trinajstić information content (AvgIpc) is 2.37. The van der Waals surface area contributed by atoms with Crippen LogP contribution in [0.15, 0.2) is 24.8 Å². The van der Waals surface area contributed by atoms with E-state index in [2.05, 4.69) is 16.5 Å². The lowest BCUT2D eigenvalue weighted by atomic mass is 10.1. The molecule has 2 rings (SSSR count). The smallest absolute Gasteiger partial charge is 0.223 e. The van der Waals surface area contributed by atoms with Gasteiger partial charge in [0.1, 0.15) is 17.2 Å². The maximum atomic E-state index is 5.90. The van der Waals surface area contributed by atoms with Gasteiger partial charge in [-0.2, -0.15) is 0 Å². The number of methoxy groups -OCH3 is 1. The highest BCUT2D eigenvalue weighted by Gasteiger charge is 2.11. The predicted octanol–water partition coefficient (Wildman–Crippen LogP) is 3.30. The molecule has 94 valence electrons. The van der Waals surface area contributed by atoms with Gasteiger partial charge in [0.05, 0.1) is 19.2 Å². The van der Waals surface area contributed by atoms with Crippen LogP contribution < -0.4 is 4.74 Å². The summed E-state index contributed by atoms with van der Waals surface area (Å²) in [5.74, 6) is 1.20. The molecule has 1 aromatic carbocycles. The van der Waals surface area contributed by atoms with Crippen LogP contribution in [0, 0.1) is 0 Å². The quantitative estimate of drug-likeness (QED) is 0.628. The summed E-state index contributed by atoms with van der Waals surface area (Å²) in [7, 11) is 1.60. The minimum Gasteiger partial charge on any atom is -0.497 e. The number of hydrogen-bond donors (Lipinski definition) is 0. The van der Waals surface area contributed by atoms with Crippen molar-refractivity contribution in [2.75, 3.05) is 13.7 Å². The van der Waals surface area contributed by atoms with Gasteiger partial charge in [-0.15, -0.1) is 0 Å². The fourth-order valence-corrected chi connectivity index (χ4v) is 1.84. The van der Waals surface area contributed by atoms with E-state index in [1.165, 1.54) is 0 Å². The van der Waals surface area contributed by atoms with Gasteiger partial charge in [-0.1, -0.05) is 6.58 Å². The zero-order valence-electron chi connectivity index (χ0n) is 10.2. The molecule has 0 fully saturated rings. The van der Waals surface area contributed by atoms with Gasteiger partial charge in [-0.25, -0.2) is 9.97 Å². The van der Waals surface area contributed by atoms with Crippen LogP contribution in [0.3, 0.4) is 0 Å². The Hall–Kier alpha value is -1.81. The molecule has 0 saturated heterocycles. The van der Waals surface area contributed by atoms with Gasteiger partial charge < -0.3 is 9.47 Å². The maximum absolute atomic E-state index is 5.90. The number of fused-ring (bicyclic) bond motifs is 1. The summed E-state index contributed by atoms with van der Waals surface area (Å²) in [6.45, 7) is 6.26. The van der Waals surface area contributed by atoms with E-state index >= 15 is 0 Å². The van der Waals surface area contributed by atoms with Crippen molar-refractivity contribution in [3.8, 4) is 5.75 Å². The average molecular weight is 265 g/mol. The standard InChI is InChI=1S/C13H13ClN2O2/c1-4-18-8(2)12-10-6-5-9(17-3)7-11(10)15-13(14)16-12/h5-7H,2,4H2,1,3H3. The van der Waals surface area contributed by atoms with Crippen molar-refractivity contribution < 1.29 is 9.47 Å². The normalized spacial score (nSPS) is 10.4. The van der Waals surface area contributed by atoms with Crippen molar-refractivity contribution >= 4 is 28.3 Å². The molecular formula is C13H13ClN2O2. The van der Waals surface area contributed by atoms with Crippen molar-refractivity contribution in [1.29, 1.82) is 0 Å². The second kappa shape index (κ2) is 5.23. The number of hydrogen-bond acceptors (Lipinski definition) is 4. The van der Waals surface area contributed by atoms with Crippen molar-refractivity contribution in [2.45, 2.75) is 6.92 Å². The second-order valence-corrected chi connectivity index (χ2v) is 3.92. The number of benzene rings is 1. The highest BCUT2D eigenvalue weighted by Crippen LogP contribution is 2.26. The van der Waals surface area contributed by atoms with Crippen LogP contribution in [0.25, 0.3) is 16.7 Å². The van der Waals surface area contributed by atoms with Crippen molar-refractivity contribution in [3.63, 3.8) is 0 Å². The maximum Gasteiger partial charge on any atom is 0.223 e. The second-order valence-electron chi connectivity index (χ2n) is 3.58. The highest BCUT2D eigenvalue weighted by molar-refractivity contribution is 6.28.